The summed E-state index contributed by atoms with van der Waals surface area (Å²) in [7, 11) is 1.63. The van der Waals surface area contributed by atoms with E-state index in [1.54, 1.807) is 13.2 Å². The fourth-order valence-electron chi connectivity index (χ4n) is 1.09. The molecule has 1 aromatic carbocycles. The van der Waals surface area contributed by atoms with E-state index in [1.165, 1.54) is 0 Å². The van der Waals surface area contributed by atoms with Crippen molar-refractivity contribution in [1.29, 1.82) is 0 Å². The lowest BCUT2D eigenvalue weighted by molar-refractivity contribution is 0.410. The van der Waals surface area contributed by atoms with Crippen LogP contribution in [0, 0.1) is 6.57 Å². The van der Waals surface area contributed by atoms with Crippen LogP contribution in [0.5, 0.6) is 5.75 Å². The maximum Gasteiger partial charge on any atom is 0.190 e. The van der Waals surface area contributed by atoms with Gasteiger partial charge < -0.3 is 4.74 Å². The molecule has 0 radical (unpaired) electrons. The minimum absolute atomic E-state index is 0.629. The van der Waals surface area contributed by atoms with Gasteiger partial charge in [0.05, 0.1) is 13.7 Å². The fourth-order valence-corrected chi connectivity index (χ4v) is 1.09. The average molecular weight is 161 g/mol. The van der Waals surface area contributed by atoms with E-state index in [4.69, 9.17) is 11.3 Å². The second-order valence-electron chi connectivity index (χ2n) is 2.46. The fraction of sp³-hybridized carbons (Fsp3) is 0.300. The number of nitrogens with zero attached hydrogens (tertiary/aromatic N) is 1. The van der Waals surface area contributed by atoms with Crippen LogP contribution in [0.3, 0.4) is 0 Å². The number of methoxy groups -OCH3 is 1. The molecular weight excluding hydrogens is 150 g/mol. The second kappa shape index (κ2) is 3.77. The number of hydrogen-bond donors (Lipinski definition) is 0. The maximum absolute atomic E-state index is 6.81. The van der Waals surface area contributed by atoms with E-state index in [0.717, 1.165) is 17.7 Å². The van der Waals surface area contributed by atoms with Gasteiger partial charge in [0.1, 0.15) is 5.75 Å². The van der Waals surface area contributed by atoms with E-state index < -0.39 is 0 Å². The van der Waals surface area contributed by atoms with Gasteiger partial charge in [-0.25, -0.2) is 4.85 Å². The maximum atomic E-state index is 6.81. The van der Waals surface area contributed by atoms with Gasteiger partial charge >= 0.3 is 0 Å². The Labute approximate surface area is 72.6 Å². The predicted molar refractivity (Wildman–Crippen MR) is 48.6 cm³/mol. The third kappa shape index (κ3) is 1.57. The Bertz CT molecular complexity index is 312. The minimum atomic E-state index is 0.629. The van der Waals surface area contributed by atoms with Gasteiger partial charge in [0.2, 0.25) is 0 Å². The summed E-state index contributed by atoms with van der Waals surface area (Å²) >= 11 is 0. The lowest BCUT2D eigenvalue weighted by atomic mass is 10.1. The molecule has 0 saturated carbocycles. The Morgan fingerprint density at radius 1 is 1.50 bits per heavy atom. The number of rotatable bonds is 2. The Kier molecular flexibility index (Phi) is 2.71. The molecule has 2 heteroatoms. The zero-order valence-electron chi connectivity index (χ0n) is 7.29. The summed E-state index contributed by atoms with van der Waals surface area (Å²) in [6, 6.07) is 5.52. The molecule has 62 valence electrons. The van der Waals surface area contributed by atoms with Crippen molar-refractivity contribution in [1.82, 2.24) is 0 Å². The molecule has 0 heterocycles. The second-order valence-corrected chi connectivity index (χ2v) is 2.46. The van der Waals surface area contributed by atoms with Crippen LogP contribution < -0.4 is 4.74 Å². The van der Waals surface area contributed by atoms with E-state index in [-0.39, 0.29) is 0 Å². The van der Waals surface area contributed by atoms with E-state index >= 15 is 0 Å². The Balaban J connectivity index is 3.13. The highest BCUT2D eigenvalue weighted by Gasteiger charge is 2.00. The topological polar surface area (TPSA) is 13.6 Å². The molecule has 2 nitrogen and oxygen atoms in total. The molecule has 0 unspecified atom stereocenters. The number of hydrogen-bond acceptors (Lipinski definition) is 1. The summed E-state index contributed by atoms with van der Waals surface area (Å²) in [5.41, 5.74) is 1.77. The van der Waals surface area contributed by atoms with Crippen molar-refractivity contribution in [2.45, 2.75) is 13.3 Å². The Hall–Kier alpha value is -1.49. The SMILES string of the molecule is [C-]#[N+]c1ccc(CC)c(OC)c1. The summed E-state index contributed by atoms with van der Waals surface area (Å²) < 4.78 is 5.14. The minimum Gasteiger partial charge on any atom is -0.498 e. The van der Waals surface area contributed by atoms with Crippen LogP contribution in [0.15, 0.2) is 18.2 Å². The van der Waals surface area contributed by atoms with E-state index in [2.05, 4.69) is 11.8 Å². The molecule has 0 amide bonds. The van der Waals surface area contributed by atoms with Crippen LogP contribution in [0.2, 0.25) is 0 Å². The molecule has 0 fully saturated rings. The molecule has 0 aliphatic rings. The highest BCUT2D eigenvalue weighted by Crippen LogP contribution is 2.24. The summed E-state index contributed by atoms with van der Waals surface area (Å²) in [6.45, 7) is 8.88. The molecule has 0 N–H and O–H groups in total. The largest absolute Gasteiger partial charge is 0.498 e. The average Bonchev–Trinajstić information content (AvgIpc) is 2.16. The molecule has 12 heavy (non-hydrogen) atoms. The van der Waals surface area contributed by atoms with Crippen LogP contribution >= 0.6 is 0 Å². The van der Waals surface area contributed by atoms with Crippen LogP contribution in [0.4, 0.5) is 5.69 Å². The van der Waals surface area contributed by atoms with Gasteiger partial charge in [0.15, 0.2) is 5.69 Å². The first kappa shape index (κ1) is 8.61. The first-order valence-electron chi connectivity index (χ1n) is 3.86. The third-order valence-corrected chi connectivity index (χ3v) is 1.78. The third-order valence-electron chi connectivity index (χ3n) is 1.78. The van der Waals surface area contributed by atoms with Crippen LogP contribution in [0.1, 0.15) is 12.5 Å². The van der Waals surface area contributed by atoms with Crippen LogP contribution in [-0.2, 0) is 6.42 Å². The first-order valence-corrected chi connectivity index (χ1v) is 3.86. The standard InChI is InChI=1S/C10H11NO/c1-4-8-5-6-9(11-2)7-10(8)12-3/h5-7H,4H2,1,3H3. The Morgan fingerprint density at radius 2 is 2.25 bits per heavy atom. The van der Waals surface area contributed by atoms with E-state index in [9.17, 15) is 0 Å². The van der Waals surface area contributed by atoms with Crippen LogP contribution in [0.25, 0.3) is 4.85 Å². The highest BCUT2D eigenvalue weighted by atomic mass is 16.5. The van der Waals surface area contributed by atoms with Gasteiger partial charge in [0, 0.05) is 0 Å². The molecule has 1 aromatic rings. The van der Waals surface area contributed by atoms with Crippen molar-refractivity contribution in [3.63, 3.8) is 0 Å². The number of benzene rings is 1. The molecule has 0 saturated heterocycles. The van der Waals surface area contributed by atoms with Crippen LogP contribution in [-0.4, -0.2) is 7.11 Å². The summed E-state index contributed by atoms with van der Waals surface area (Å²) in [5, 5.41) is 0. The van der Waals surface area contributed by atoms with Gasteiger partial charge in [-0.1, -0.05) is 19.1 Å². The van der Waals surface area contributed by atoms with Crippen molar-refractivity contribution < 1.29 is 4.74 Å². The number of ether oxygens (including phenoxy) is 1. The van der Waals surface area contributed by atoms with Gasteiger partial charge in [-0.2, -0.15) is 0 Å². The molecule has 0 bridgehead atoms. The van der Waals surface area contributed by atoms with Crippen molar-refractivity contribution in [2.75, 3.05) is 7.11 Å². The summed E-state index contributed by atoms with van der Waals surface area (Å²) in [4.78, 5) is 3.32. The highest BCUT2D eigenvalue weighted by molar-refractivity contribution is 5.52. The lowest BCUT2D eigenvalue weighted by Gasteiger charge is -2.05. The molecule has 0 aromatic heterocycles. The zero-order chi connectivity index (χ0) is 8.97. The molecule has 0 aliphatic heterocycles. The van der Waals surface area contributed by atoms with Gasteiger partial charge in [-0.3, -0.25) is 0 Å². The summed E-state index contributed by atoms with van der Waals surface area (Å²) in [6.07, 6.45) is 0.932. The molecular formula is C10H11NO. The predicted octanol–water partition coefficient (Wildman–Crippen LogP) is 2.81. The van der Waals surface area contributed by atoms with Gasteiger partial charge in [0.25, 0.3) is 0 Å². The van der Waals surface area contributed by atoms with Crippen molar-refractivity contribution in [2.24, 2.45) is 0 Å². The smallest absolute Gasteiger partial charge is 0.190 e. The lowest BCUT2D eigenvalue weighted by Crippen LogP contribution is -1.88. The van der Waals surface area contributed by atoms with Crippen molar-refractivity contribution >= 4 is 5.69 Å². The quantitative estimate of drug-likeness (QED) is 0.608. The summed E-state index contributed by atoms with van der Waals surface area (Å²) in [5.74, 6) is 0.811. The van der Waals surface area contributed by atoms with E-state index in [0.29, 0.717) is 5.69 Å². The monoisotopic (exact) mass is 161 g/mol. The van der Waals surface area contributed by atoms with Gasteiger partial charge in [-0.15, -0.1) is 0 Å². The molecule has 0 aliphatic carbocycles. The normalized spacial score (nSPS) is 9.08. The zero-order valence-corrected chi connectivity index (χ0v) is 7.29. The van der Waals surface area contributed by atoms with E-state index in [1.807, 2.05) is 12.1 Å². The first-order chi connectivity index (χ1) is 5.81. The molecule has 1 rings (SSSR count). The van der Waals surface area contributed by atoms with Gasteiger partial charge in [-0.05, 0) is 18.1 Å². The molecule has 0 spiro atoms. The number of aryl methyl sites for hydroxylation is 1. The van der Waals surface area contributed by atoms with Crippen molar-refractivity contribution in [3.05, 3.63) is 35.2 Å². The molecule has 0 atom stereocenters. The Morgan fingerprint density at radius 3 is 2.75 bits per heavy atom. The van der Waals surface area contributed by atoms with Crippen molar-refractivity contribution in [3.8, 4) is 5.75 Å².